The van der Waals surface area contributed by atoms with Crippen LogP contribution in [0.1, 0.15) is 32.6 Å². The summed E-state index contributed by atoms with van der Waals surface area (Å²) < 4.78 is 0. The van der Waals surface area contributed by atoms with E-state index in [0.717, 1.165) is 13.0 Å². The lowest BCUT2D eigenvalue weighted by Gasteiger charge is -2.32. The van der Waals surface area contributed by atoms with Gasteiger partial charge >= 0.3 is 0 Å². The van der Waals surface area contributed by atoms with Crippen molar-refractivity contribution in [1.29, 1.82) is 0 Å². The van der Waals surface area contributed by atoms with Gasteiger partial charge in [0.1, 0.15) is 0 Å². The van der Waals surface area contributed by atoms with E-state index in [2.05, 4.69) is 10.2 Å². The van der Waals surface area contributed by atoms with Crippen molar-refractivity contribution in [2.75, 3.05) is 13.1 Å². The van der Waals surface area contributed by atoms with Crippen LogP contribution < -0.4 is 11.1 Å². The van der Waals surface area contributed by atoms with Gasteiger partial charge in [0, 0.05) is 18.6 Å². The maximum absolute atomic E-state index is 11.5. The van der Waals surface area contributed by atoms with Gasteiger partial charge in [0.15, 0.2) is 0 Å². The van der Waals surface area contributed by atoms with Gasteiger partial charge in [-0.25, -0.2) is 0 Å². The van der Waals surface area contributed by atoms with E-state index >= 15 is 0 Å². The minimum atomic E-state index is -0.386. The number of piperidine rings is 1. The Morgan fingerprint density at radius 2 is 2.20 bits per heavy atom. The molecule has 0 aromatic rings. The number of hydrogen-bond acceptors (Lipinski definition) is 3. The minimum Gasteiger partial charge on any atom is -0.350 e. The lowest BCUT2D eigenvalue weighted by molar-refractivity contribution is -0.122. The molecule has 0 saturated carbocycles. The molecule has 3 N–H and O–H groups in total. The van der Waals surface area contributed by atoms with E-state index in [4.69, 9.17) is 5.73 Å². The Labute approximate surface area is 91.2 Å². The molecule has 15 heavy (non-hydrogen) atoms. The third-order valence-corrected chi connectivity index (χ3v) is 3.60. The average Bonchev–Trinajstić information content (AvgIpc) is 2.62. The number of hydrogen-bond donors (Lipinski definition) is 2. The van der Waals surface area contributed by atoms with E-state index in [-0.39, 0.29) is 11.9 Å². The number of fused-ring (bicyclic) bond motifs is 1. The largest absolute Gasteiger partial charge is 0.350 e. The van der Waals surface area contributed by atoms with Crippen molar-refractivity contribution in [3.05, 3.63) is 0 Å². The van der Waals surface area contributed by atoms with Crippen molar-refractivity contribution in [2.24, 2.45) is 5.73 Å². The zero-order chi connectivity index (χ0) is 10.8. The summed E-state index contributed by atoms with van der Waals surface area (Å²) in [7, 11) is 0. The molecule has 3 unspecified atom stereocenters. The van der Waals surface area contributed by atoms with E-state index in [1.54, 1.807) is 6.92 Å². The first-order valence-corrected chi connectivity index (χ1v) is 5.98. The van der Waals surface area contributed by atoms with Crippen LogP contribution in [0.25, 0.3) is 0 Å². The standard InChI is InChI=1S/C11H21N3O/c1-8(12)11(15)13-9-5-7-14-6-3-2-4-10(9)14/h8-10H,2-7,12H2,1H3,(H,13,15). The summed E-state index contributed by atoms with van der Waals surface area (Å²) in [5, 5.41) is 3.07. The highest BCUT2D eigenvalue weighted by molar-refractivity contribution is 5.81. The fourth-order valence-electron chi connectivity index (χ4n) is 2.73. The van der Waals surface area contributed by atoms with Crippen molar-refractivity contribution in [1.82, 2.24) is 10.2 Å². The molecule has 0 bridgehead atoms. The van der Waals surface area contributed by atoms with E-state index in [1.807, 2.05) is 0 Å². The summed E-state index contributed by atoms with van der Waals surface area (Å²) >= 11 is 0. The first-order chi connectivity index (χ1) is 7.18. The molecular weight excluding hydrogens is 190 g/mol. The summed E-state index contributed by atoms with van der Waals surface area (Å²) in [6.45, 7) is 4.08. The number of nitrogens with zero attached hydrogens (tertiary/aromatic N) is 1. The highest BCUT2D eigenvalue weighted by Crippen LogP contribution is 2.26. The number of nitrogens with one attached hydrogen (secondary N) is 1. The van der Waals surface area contributed by atoms with Crippen LogP contribution in [0, 0.1) is 0 Å². The van der Waals surface area contributed by atoms with Crippen molar-refractivity contribution in [3.8, 4) is 0 Å². The lowest BCUT2D eigenvalue weighted by atomic mass is 9.99. The van der Waals surface area contributed by atoms with E-state index in [9.17, 15) is 4.79 Å². The molecule has 2 rings (SSSR count). The molecule has 1 amide bonds. The number of amides is 1. The molecule has 4 heteroatoms. The average molecular weight is 211 g/mol. The molecule has 3 atom stereocenters. The van der Waals surface area contributed by atoms with Crippen molar-refractivity contribution >= 4 is 5.91 Å². The molecule has 2 fully saturated rings. The second-order valence-electron chi connectivity index (χ2n) is 4.79. The summed E-state index contributed by atoms with van der Waals surface area (Å²) in [5.41, 5.74) is 5.56. The monoisotopic (exact) mass is 211 g/mol. The van der Waals surface area contributed by atoms with Crippen LogP contribution in [0.3, 0.4) is 0 Å². The number of nitrogens with two attached hydrogens (primary N) is 1. The van der Waals surface area contributed by atoms with E-state index in [1.165, 1.54) is 25.8 Å². The lowest BCUT2D eigenvalue weighted by Crippen LogP contribution is -2.50. The molecule has 86 valence electrons. The third-order valence-electron chi connectivity index (χ3n) is 3.60. The SMILES string of the molecule is CC(N)C(=O)NC1CCN2CCCCC12. The van der Waals surface area contributed by atoms with E-state index in [0.29, 0.717) is 12.1 Å². The summed E-state index contributed by atoms with van der Waals surface area (Å²) in [6, 6.07) is 0.521. The maximum atomic E-state index is 11.5. The Bertz CT molecular complexity index is 242. The molecule has 0 aromatic heterocycles. The van der Waals surface area contributed by atoms with Crippen LogP contribution in [0.5, 0.6) is 0 Å². The first-order valence-electron chi connectivity index (χ1n) is 5.98. The number of carbonyl (C=O) groups excluding carboxylic acids is 1. The van der Waals surface area contributed by atoms with Crippen LogP contribution in [0.15, 0.2) is 0 Å². The Morgan fingerprint density at radius 1 is 1.40 bits per heavy atom. The van der Waals surface area contributed by atoms with Gasteiger partial charge < -0.3 is 11.1 Å². The second kappa shape index (κ2) is 4.49. The van der Waals surface area contributed by atoms with Crippen molar-refractivity contribution in [2.45, 2.75) is 50.7 Å². The fourth-order valence-corrected chi connectivity index (χ4v) is 2.73. The predicted molar refractivity (Wildman–Crippen MR) is 59.4 cm³/mol. The molecule has 0 radical (unpaired) electrons. The van der Waals surface area contributed by atoms with Gasteiger partial charge in [0.2, 0.25) is 5.91 Å². The van der Waals surface area contributed by atoms with Crippen LogP contribution in [-0.2, 0) is 4.79 Å². The first kappa shape index (κ1) is 10.9. The number of carbonyl (C=O) groups is 1. The van der Waals surface area contributed by atoms with Crippen LogP contribution in [0.2, 0.25) is 0 Å². The smallest absolute Gasteiger partial charge is 0.236 e. The summed E-state index contributed by atoms with van der Waals surface area (Å²) in [5.74, 6) is -0.00702. The maximum Gasteiger partial charge on any atom is 0.236 e. The Morgan fingerprint density at radius 3 is 2.93 bits per heavy atom. The zero-order valence-electron chi connectivity index (χ0n) is 9.41. The second-order valence-corrected chi connectivity index (χ2v) is 4.79. The Hall–Kier alpha value is -0.610. The molecule has 4 nitrogen and oxygen atoms in total. The predicted octanol–water partition coefficient (Wildman–Crippen LogP) is 0.0766. The Balaban J connectivity index is 1.90. The van der Waals surface area contributed by atoms with Gasteiger partial charge in [-0.05, 0) is 32.7 Å². The van der Waals surface area contributed by atoms with Gasteiger partial charge in [0.25, 0.3) is 0 Å². The molecule has 0 aromatic carbocycles. The highest BCUT2D eigenvalue weighted by Gasteiger charge is 2.36. The molecule has 2 heterocycles. The molecule has 2 aliphatic rings. The van der Waals surface area contributed by atoms with Crippen molar-refractivity contribution < 1.29 is 4.79 Å². The van der Waals surface area contributed by atoms with Crippen LogP contribution in [0.4, 0.5) is 0 Å². The van der Waals surface area contributed by atoms with E-state index < -0.39 is 0 Å². The normalized spacial score (nSPS) is 33.5. The molecule has 0 aliphatic carbocycles. The molecular formula is C11H21N3O. The third kappa shape index (κ3) is 2.32. The molecule has 0 spiro atoms. The highest BCUT2D eigenvalue weighted by atomic mass is 16.2. The molecule has 2 aliphatic heterocycles. The van der Waals surface area contributed by atoms with Crippen molar-refractivity contribution in [3.63, 3.8) is 0 Å². The Kier molecular flexibility index (Phi) is 3.26. The van der Waals surface area contributed by atoms with Crippen LogP contribution >= 0.6 is 0 Å². The number of rotatable bonds is 2. The molecule has 2 saturated heterocycles. The fraction of sp³-hybridized carbons (Fsp3) is 0.909. The topological polar surface area (TPSA) is 58.4 Å². The zero-order valence-corrected chi connectivity index (χ0v) is 9.41. The van der Waals surface area contributed by atoms with Gasteiger partial charge in [-0.3, -0.25) is 9.69 Å². The van der Waals surface area contributed by atoms with Crippen LogP contribution in [-0.4, -0.2) is 42.0 Å². The van der Waals surface area contributed by atoms with Gasteiger partial charge in [-0.2, -0.15) is 0 Å². The summed E-state index contributed by atoms with van der Waals surface area (Å²) in [6.07, 6.45) is 4.92. The summed E-state index contributed by atoms with van der Waals surface area (Å²) in [4.78, 5) is 14.0. The van der Waals surface area contributed by atoms with Gasteiger partial charge in [0.05, 0.1) is 6.04 Å². The van der Waals surface area contributed by atoms with Gasteiger partial charge in [-0.15, -0.1) is 0 Å². The van der Waals surface area contributed by atoms with Gasteiger partial charge in [-0.1, -0.05) is 6.42 Å². The quantitative estimate of drug-likeness (QED) is 0.680. The minimum absolute atomic E-state index is 0.00702.